The molecule has 1 aliphatic rings. The number of fused-ring (bicyclic) bond motifs is 1. The summed E-state index contributed by atoms with van der Waals surface area (Å²) in [5.74, 6) is 0.331. The lowest BCUT2D eigenvalue weighted by Gasteiger charge is -2.39. The molecule has 1 aliphatic carbocycles. The summed E-state index contributed by atoms with van der Waals surface area (Å²) in [7, 11) is 1.72. The molecule has 0 amide bonds. The van der Waals surface area contributed by atoms with Crippen molar-refractivity contribution in [1.29, 1.82) is 0 Å². The second-order valence-electron chi connectivity index (χ2n) is 5.01. The second-order valence-corrected chi connectivity index (χ2v) is 5.01. The molecule has 0 aliphatic heterocycles. The molecule has 2 atom stereocenters. The van der Waals surface area contributed by atoms with Gasteiger partial charge in [0.25, 0.3) is 0 Å². The van der Waals surface area contributed by atoms with Gasteiger partial charge in [-0.25, -0.2) is 0 Å². The van der Waals surface area contributed by atoms with Gasteiger partial charge in [-0.15, -0.1) is 0 Å². The molecule has 0 spiro atoms. The maximum Gasteiger partial charge on any atom is 0.0648 e. The smallest absolute Gasteiger partial charge is 0.0648 e. The van der Waals surface area contributed by atoms with Gasteiger partial charge in [-0.1, -0.05) is 13.0 Å². The first-order chi connectivity index (χ1) is 8.21. The average Bonchev–Trinajstić information content (AvgIpc) is 2.38. The Hall–Kier alpha value is -0.930. The van der Waals surface area contributed by atoms with E-state index in [4.69, 9.17) is 10.5 Å². The van der Waals surface area contributed by atoms with Gasteiger partial charge in [0.1, 0.15) is 0 Å². The van der Waals surface area contributed by atoms with Crippen molar-refractivity contribution in [2.24, 2.45) is 5.73 Å². The van der Waals surface area contributed by atoms with E-state index in [-0.39, 0.29) is 5.54 Å². The first kappa shape index (κ1) is 12.5. The normalized spacial score (nSPS) is 22.9. The quantitative estimate of drug-likeness (QED) is 0.869. The third-order valence-electron chi connectivity index (χ3n) is 3.96. The predicted octanol–water partition coefficient (Wildman–Crippen LogP) is 2.26. The van der Waals surface area contributed by atoms with E-state index in [0.29, 0.717) is 12.5 Å². The fourth-order valence-corrected chi connectivity index (χ4v) is 2.89. The van der Waals surface area contributed by atoms with Crippen LogP contribution in [0.3, 0.4) is 0 Å². The van der Waals surface area contributed by atoms with Gasteiger partial charge in [0.2, 0.25) is 0 Å². The van der Waals surface area contributed by atoms with Crippen LogP contribution in [0.5, 0.6) is 0 Å². The Morgan fingerprint density at radius 1 is 1.59 bits per heavy atom. The lowest BCUT2D eigenvalue weighted by molar-refractivity contribution is 0.107. The largest absolute Gasteiger partial charge is 0.383 e. The third kappa shape index (κ3) is 2.35. The maximum absolute atomic E-state index is 6.53. The van der Waals surface area contributed by atoms with Crippen LogP contribution >= 0.6 is 0 Å². The number of nitrogens with zero attached hydrogens (tertiary/aromatic N) is 1. The van der Waals surface area contributed by atoms with Gasteiger partial charge in [0.05, 0.1) is 6.61 Å². The molecule has 0 radical (unpaired) electrons. The molecule has 0 aromatic carbocycles. The molecule has 3 heteroatoms. The summed E-state index contributed by atoms with van der Waals surface area (Å²) < 4.78 is 5.31. The topological polar surface area (TPSA) is 48.1 Å². The Morgan fingerprint density at radius 2 is 2.41 bits per heavy atom. The molecule has 17 heavy (non-hydrogen) atoms. The van der Waals surface area contributed by atoms with Crippen LogP contribution in [0.1, 0.15) is 43.4 Å². The van der Waals surface area contributed by atoms with Gasteiger partial charge in [0.15, 0.2) is 0 Å². The van der Waals surface area contributed by atoms with Crippen molar-refractivity contribution in [3.63, 3.8) is 0 Å². The molecule has 3 nitrogen and oxygen atoms in total. The Kier molecular flexibility index (Phi) is 3.79. The number of hydrogen-bond donors (Lipinski definition) is 1. The van der Waals surface area contributed by atoms with Gasteiger partial charge in [-0.3, -0.25) is 4.98 Å². The van der Waals surface area contributed by atoms with E-state index >= 15 is 0 Å². The second kappa shape index (κ2) is 5.15. The molecular formula is C14H22N2O. The molecule has 2 N–H and O–H groups in total. The zero-order chi connectivity index (χ0) is 12.3. The summed E-state index contributed by atoms with van der Waals surface area (Å²) >= 11 is 0. The molecule has 1 aromatic rings. The van der Waals surface area contributed by atoms with Crippen molar-refractivity contribution in [2.45, 2.75) is 44.1 Å². The Balaban J connectivity index is 2.34. The highest BCUT2D eigenvalue weighted by molar-refractivity contribution is 5.29. The van der Waals surface area contributed by atoms with Gasteiger partial charge in [-0.05, 0) is 37.3 Å². The van der Waals surface area contributed by atoms with E-state index in [1.54, 1.807) is 7.11 Å². The van der Waals surface area contributed by atoms with Crippen molar-refractivity contribution in [2.75, 3.05) is 13.7 Å². The highest BCUT2D eigenvalue weighted by atomic mass is 16.5. The number of rotatable bonds is 4. The SMILES string of the molecule is CCC(N)(COC)C1CCCc2cccnc21. The lowest BCUT2D eigenvalue weighted by Crippen LogP contribution is -2.50. The zero-order valence-electron chi connectivity index (χ0n) is 10.8. The number of nitrogens with two attached hydrogens (primary N) is 1. The number of aromatic nitrogens is 1. The molecule has 2 unspecified atom stereocenters. The van der Waals surface area contributed by atoms with Crippen molar-refractivity contribution in [3.8, 4) is 0 Å². The van der Waals surface area contributed by atoms with Crippen molar-refractivity contribution < 1.29 is 4.74 Å². The van der Waals surface area contributed by atoms with Crippen LogP contribution in [-0.2, 0) is 11.2 Å². The van der Waals surface area contributed by atoms with Gasteiger partial charge in [-0.2, -0.15) is 0 Å². The minimum atomic E-state index is -0.279. The molecule has 0 fully saturated rings. The molecule has 1 heterocycles. The fraction of sp³-hybridized carbons (Fsp3) is 0.643. The van der Waals surface area contributed by atoms with Crippen LogP contribution in [0.25, 0.3) is 0 Å². The molecular weight excluding hydrogens is 212 g/mol. The van der Waals surface area contributed by atoms with Gasteiger partial charge >= 0.3 is 0 Å². The fourth-order valence-electron chi connectivity index (χ4n) is 2.89. The summed E-state index contributed by atoms with van der Waals surface area (Å²) in [6.07, 6.45) is 6.25. The highest BCUT2D eigenvalue weighted by Crippen LogP contribution is 2.38. The van der Waals surface area contributed by atoms with Crippen molar-refractivity contribution in [3.05, 3.63) is 29.6 Å². The standard InChI is InChI=1S/C14H22N2O/c1-3-14(15,10-17-2)12-8-4-6-11-7-5-9-16-13(11)12/h5,7,9,12H,3-4,6,8,10,15H2,1-2H3. The Morgan fingerprint density at radius 3 is 3.12 bits per heavy atom. The van der Waals surface area contributed by atoms with E-state index in [0.717, 1.165) is 19.3 Å². The van der Waals surface area contributed by atoms with Gasteiger partial charge in [0, 0.05) is 30.5 Å². The lowest BCUT2D eigenvalue weighted by atomic mass is 9.73. The van der Waals surface area contributed by atoms with Gasteiger partial charge < -0.3 is 10.5 Å². The molecule has 0 saturated carbocycles. The maximum atomic E-state index is 6.53. The van der Waals surface area contributed by atoms with Crippen molar-refractivity contribution in [1.82, 2.24) is 4.98 Å². The zero-order valence-corrected chi connectivity index (χ0v) is 10.8. The number of pyridine rings is 1. The van der Waals surface area contributed by atoms with E-state index in [1.165, 1.54) is 17.7 Å². The first-order valence-electron chi connectivity index (χ1n) is 6.43. The predicted molar refractivity (Wildman–Crippen MR) is 69.0 cm³/mol. The van der Waals surface area contributed by atoms with E-state index in [2.05, 4.69) is 18.0 Å². The number of aryl methyl sites for hydroxylation is 1. The number of hydrogen-bond acceptors (Lipinski definition) is 3. The average molecular weight is 234 g/mol. The Labute approximate surface area is 103 Å². The van der Waals surface area contributed by atoms with Crippen LogP contribution in [-0.4, -0.2) is 24.2 Å². The first-order valence-corrected chi connectivity index (χ1v) is 6.43. The number of ether oxygens (including phenoxy) is 1. The third-order valence-corrected chi connectivity index (χ3v) is 3.96. The number of methoxy groups -OCH3 is 1. The van der Waals surface area contributed by atoms with Crippen LogP contribution in [0.15, 0.2) is 18.3 Å². The monoisotopic (exact) mass is 234 g/mol. The van der Waals surface area contributed by atoms with Crippen molar-refractivity contribution >= 4 is 0 Å². The summed E-state index contributed by atoms with van der Waals surface area (Å²) in [5, 5.41) is 0. The summed E-state index contributed by atoms with van der Waals surface area (Å²) in [6, 6.07) is 4.19. The minimum Gasteiger partial charge on any atom is -0.383 e. The highest BCUT2D eigenvalue weighted by Gasteiger charge is 2.37. The molecule has 1 aromatic heterocycles. The molecule has 94 valence electrons. The minimum absolute atomic E-state index is 0.279. The molecule has 0 bridgehead atoms. The molecule has 2 rings (SSSR count). The van der Waals surface area contributed by atoms with Crippen LogP contribution < -0.4 is 5.73 Å². The Bertz CT molecular complexity index is 380. The van der Waals surface area contributed by atoms with E-state index in [9.17, 15) is 0 Å². The van der Waals surface area contributed by atoms with E-state index in [1.807, 2.05) is 12.3 Å². The summed E-state index contributed by atoms with van der Waals surface area (Å²) in [6.45, 7) is 2.74. The van der Waals surface area contributed by atoms with E-state index < -0.39 is 0 Å². The summed E-state index contributed by atoms with van der Waals surface area (Å²) in [4.78, 5) is 4.56. The van der Waals surface area contributed by atoms with Crippen LogP contribution in [0.2, 0.25) is 0 Å². The van der Waals surface area contributed by atoms with Crippen LogP contribution in [0, 0.1) is 0 Å². The molecule has 0 saturated heterocycles. The summed E-state index contributed by atoms with van der Waals surface area (Å²) in [5.41, 5.74) is 8.81. The van der Waals surface area contributed by atoms with Crippen LogP contribution in [0.4, 0.5) is 0 Å².